The number of piperidine rings is 1. The maximum atomic E-state index is 13.5. The Morgan fingerprint density at radius 3 is 2.15 bits per heavy atom. The molecular weight excluding hydrogens is 526 g/mol. The maximum absolute atomic E-state index is 13.5. The van der Waals surface area contributed by atoms with Crippen LogP contribution < -0.4 is 4.74 Å². The Morgan fingerprint density at radius 1 is 1.00 bits per heavy atom. The van der Waals surface area contributed by atoms with Gasteiger partial charge in [-0.2, -0.15) is 0 Å². The van der Waals surface area contributed by atoms with Crippen LogP contribution in [0.25, 0.3) is 0 Å². The number of hydrogen-bond acceptors (Lipinski definition) is 5. The highest BCUT2D eigenvalue weighted by atomic mass is 35.5. The molecule has 9 heteroatoms. The van der Waals surface area contributed by atoms with Crippen LogP contribution in [-0.4, -0.2) is 41.2 Å². The molecule has 1 unspecified atom stereocenters. The number of benzene rings is 3. The van der Waals surface area contributed by atoms with E-state index in [1.165, 1.54) is 36.4 Å². The minimum absolute atomic E-state index is 0. The Balaban J connectivity index is 0.00000353. The molecule has 1 fully saturated rings. The molecule has 1 atom stereocenters. The number of hydrogen-bond donors (Lipinski definition) is 0. The third-order valence-electron chi connectivity index (χ3n) is 8.03. The smallest absolute Gasteiger partial charge is 0.270 e. The van der Waals surface area contributed by atoms with E-state index in [0.717, 1.165) is 56.4 Å². The first-order valence-electron chi connectivity index (χ1n) is 13.1. The second-order valence-electron chi connectivity index (χ2n) is 10.3. The van der Waals surface area contributed by atoms with Gasteiger partial charge in [0.1, 0.15) is 29.1 Å². The third-order valence-corrected chi connectivity index (χ3v) is 8.03. The minimum atomic E-state index is -0.435. The van der Waals surface area contributed by atoms with Crippen molar-refractivity contribution in [3.8, 4) is 5.75 Å². The molecule has 0 aromatic heterocycles. The van der Waals surface area contributed by atoms with Gasteiger partial charge in [0.05, 0.1) is 11.5 Å². The van der Waals surface area contributed by atoms with Crippen molar-refractivity contribution in [3.63, 3.8) is 0 Å². The standard InChI is InChI=1S/C30H32F2N2O4.ClH/c1-21-30(37-20-24-19-27(34(35)36)12-13-29(24)38-21)14-17-33(18-15-30)16-2-3-28(22-4-8-25(31)9-5-22)23-6-10-26(32)11-7-23;/h4-13,19,21,28H,2-3,14-18,20H2,1H3;1H. The summed E-state index contributed by atoms with van der Waals surface area (Å²) in [6.07, 6.45) is 3.25. The number of non-ortho nitro benzene ring substituents is 1. The number of nitro benzene ring substituents is 1. The summed E-state index contributed by atoms with van der Waals surface area (Å²) >= 11 is 0. The lowest BCUT2D eigenvalue weighted by atomic mass is 9.85. The average molecular weight is 559 g/mol. The van der Waals surface area contributed by atoms with E-state index in [0.29, 0.717) is 17.9 Å². The van der Waals surface area contributed by atoms with Gasteiger partial charge in [-0.05, 0) is 80.6 Å². The monoisotopic (exact) mass is 558 g/mol. The lowest BCUT2D eigenvalue weighted by molar-refractivity contribution is -0.385. The van der Waals surface area contributed by atoms with E-state index in [9.17, 15) is 18.9 Å². The highest BCUT2D eigenvalue weighted by Crippen LogP contribution is 2.39. The lowest BCUT2D eigenvalue weighted by Gasteiger charge is -2.43. The molecule has 1 saturated heterocycles. The fourth-order valence-corrected chi connectivity index (χ4v) is 5.68. The highest BCUT2D eigenvalue weighted by molar-refractivity contribution is 5.85. The molecule has 2 aliphatic rings. The van der Waals surface area contributed by atoms with Gasteiger partial charge in [-0.1, -0.05) is 24.3 Å². The molecule has 3 aromatic carbocycles. The molecule has 0 saturated carbocycles. The van der Waals surface area contributed by atoms with E-state index < -0.39 is 10.5 Å². The quantitative estimate of drug-likeness (QED) is 0.230. The normalized spacial score (nSPS) is 18.6. The second-order valence-corrected chi connectivity index (χ2v) is 10.3. The number of ether oxygens (including phenoxy) is 2. The van der Waals surface area contributed by atoms with Gasteiger partial charge in [-0.25, -0.2) is 8.78 Å². The summed E-state index contributed by atoms with van der Waals surface area (Å²) in [7, 11) is 0. The first-order chi connectivity index (χ1) is 18.3. The fraction of sp³-hybridized carbons (Fsp3) is 0.400. The molecule has 39 heavy (non-hydrogen) atoms. The Bertz CT molecular complexity index is 1220. The number of fused-ring (bicyclic) bond motifs is 1. The van der Waals surface area contributed by atoms with E-state index >= 15 is 0 Å². The molecular formula is C30H33ClF2N2O4. The summed E-state index contributed by atoms with van der Waals surface area (Å²) in [5.41, 5.74) is 2.35. The zero-order valence-corrected chi connectivity index (χ0v) is 22.7. The van der Waals surface area contributed by atoms with Gasteiger partial charge in [0.25, 0.3) is 5.69 Å². The van der Waals surface area contributed by atoms with Crippen LogP contribution in [0.4, 0.5) is 14.5 Å². The molecule has 5 rings (SSSR count). The van der Waals surface area contributed by atoms with Gasteiger partial charge in [0, 0.05) is 36.7 Å². The van der Waals surface area contributed by atoms with Crippen LogP contribution in [-0.2, 0) is 11.3 Å². The van der Waals surface area contributed by atoms with Gasteiger partial charge in [0.2, 0.25) is 0 Å². The molecule has 208 valence electrons. The summed E-state index contributed by atoms with van der Waals surface area (Å²) in [5.74, 6) is 0.173. The van der Waals surface area contributed by atoms with Gasteiger partial charge < -0.3 is 14.4 Å². The second kappa shape index (κ2) is 12.4. The molecule has 0 aliphatic carbocycles. The van der Waals surface area contributed by atoms with E-state index in [1.54, 1.807) is 6.07 Å². The Hall–Kier alpha value is -3.07. The maximum Gasteiger partial charge on any atom is 0.270 e. The van der Waals surface area contributed by atoms with Crippen molar-refractivity contribution < 1.29 is 23.2 Å². The van der Waals surface area contributed by atoms with Gasteiger partial charge in [0.15, 0.2) is 0 Å². The molecule has 0 bridgehead atoms. The van der Waals surface area contributed by atoms with Crippen LogP contribution in [0.3, 0.4) is 0 Å². The highest BCUT2D eigenvalue weighted by Gasteiger charge is 2.44. The van der Waals surface area contributed by atoms with Gasteiger partial charge >= 0.3 is 0 Å². The molecule has 2 aliphatic heterocycles. The van der Waals surface area contributed by atoms with Crippen molar-refractivity contribution in [2.45, 2.75) is 56.8 Å². The summed E-state index contributed by atoms with van der Waals surface area (Å²) in [6.45, 7) is 4.95. The Morgan fingerprint density at radius 2 is 1.59 bits per heavy atom. The first-order valence-corrected chi connectivity index (χ1v) is 13.1. The number of rotatable bonds is 7. The molecule has 1 spiro atoms. The van der Waals surface area contributed by atoms with Crippen LogP contribution in [0, 0.1) is 21.7 Å². The summed E-state index contributed by atoms with van der Waals surface area (Å²) < 4.78 is 39.7. The number of likely N-dealkylation sites (tertiary alicyclic amines) is 1. The fourth-order valence-electron chi connectivity index (χ4n) is 5.68. The van der Waals surface area contributed by atoms with Crippen molar-refractivity contribution in [1.29, 1.82) is 0 Å². The third kappa shape index (κ3) is 6.57. The van der Waals surface area contributed by atoms with Crippen molar-refractivity contribution in [2.24, 2.45) is 0 Å². The topological polar surface area (TPSA) is 64.8 Å². The minimum Gasteiger partial charge on any atom is -0.487 e. The van der Waals surface area contributed by atoms with Gasteiger partial charge in [-0.15, -0.1) is 12.4 Å². The number of halogens is 3. The predicted octanol–water partition coefficient (Wildman–Crippen LogP) is 7.04. The van der Waals surface area contributed by atoms with Crippen molar-refractivity contribution in [3.05, 3.63) is 105 Å². The SMILES string of the molecule is CC1Oc2ccc([N+](=O)[O-])cc2COC12CCN(CCCC(c1ccc(F)cc1)c1ccc(F)cc1)CC2.Cl. The molecule has 0 amide bonds. The van der Waals surface area contributed by atoms with Crippen molar-refractivity contribution in [2.75, 3.05) is 19.6 Å². The zero-order chi connectivity index (χ0) is 26.7. The van der Waals surface area contributed by atoms with Crippen LogP contribution in [0.2, 0.25) is 0 Å². The molecule has 0 N–H and O–H groups in total. The zero-order valence-electron chi connectivity index (χ0n) is 21.9. The molecule has 2 heterocycles. The lowest BCUT2D eigenvalue weighted by Crippen LogP contribution is -2.53. The number of nitrogens with zero attached hydrogens (tertiary/aromatic N) is 2. The summed E-state index contributed by atoms with van der Waals surface area (Å²) in [6, 6.07) is 17.8. The van der Waals surface area contributed by atoms with E-state index in [4.69, 9.17) is 9.47 Å². The Kier molecular flexibility index (Phi) is 9.20. The molecule has 6 nitrogen and oxygen atoms in total. The van der Waals surface area contributed by atoms with Crippen molar-refractivity contribution in [1.82, 2.24) is 4.90 Å². The summed E-state index contributed by atoms with van der Waals surface area (Å²) in [4.78, 5) is 13.2. The predicted molar refractivity (Wildman–Crippen MR) is 148 cm³/mol. The van der Waals surface area contributed by atoms with E-state index in [2.05, 4.69) is 4.90 Å². The summed E-state index contributed by atoms with van der Waals surface area (Å²) in [5, 5.41) is 11.2. The molecule has 0 radical (unpaired) electrons. The number of nitro groups is 1. The van der Waals surface area contributed by atoms with Crippen LogP contribution in [0.1, 0.15) is 55.2 Å². The van der Waals surface area contributed by atoms with Crippen molar-refractivity contribution >= 4 is 18.1 Å². The van der Waals surface area contributed by atoms with E-state index in [-0.39, 0.29) is 41.8 Å². The van der Waals surface area contributed by atoms with Crippen LogP contribution in [0.5, 0.6) is 5.75 Å². The first kappa shape index (κ1) is 28.9. The van der Waals surface area contributed by atoms with Gasteiger partial charge in [-0.3, -0.25) is 10.1 Å². The average Bonchev–Trinajstić information content (AvgIpc) is 3.05. The van der Waals surface area contributed by atoms with E-state index in [1.807, 2.05) is 31.2 Å². The van der Waals surface area contributed by atoms with Crippen LogP contribution in [0.15, 0.2) is 66.7 Å². The van der Waals surface area contributed by atoms with Crippen LogP contribution >= 0.6 is 12.4 Å². The molecule has 3 aromatic rings. The largest absolute Gasteiger partial charge is 0.487 e. The Labute approximate surface area is 233 Å².